The van der Waals surface area contributed by atoms with Crippen LogP contribution in [0, 0.1) is 0 Å². The molecule has 1 nitrogen and oxygen atoms in total. The van der Waals surface area contributed by atoms with Gasteiger partial charge in [-0.05, 0) is 12.0 Å². The van der Waals surface area contributed by atoms with E-state index in [1.54, 1.807) is 10.8 Å². The second-order valence-corrected chi connectivity index (χ2v) is 17.2. The van der Waals surface area contributed by atoms with Crippen LogP contribution in [0.1, 0.15) is 5.56 Å². The molecule has 0 saturated carbocycles. The molecule has 1 aliphatic rings. The minimum atomic E-state index is -1.15. The first kappa shape index (κ1) is 17.3. The highest BCUT2D eigenvalue weighted by Crippen LogP contribution is 2.17. The highest BCUT2D eigenvalue weighted by molar-refractivity contribution is 7.99. The summed E-state index contributed by atoms with van der Waals surface area (Å²) in [4.78, 5) is 2.78. The predicted octanol–water partition coefficient (Wildman–Crippen LogP) is 3.22. The first-order valence-corrected chi connectivity index (χ1v) is 15.9. The highest BCUT2D eigenvalue weighted by Gasteiger charge is 2.24. The molecule has 0 bridgehead atoms. The molecule has 1 unspecified atom stereocenters. The van der Waals surface area contributed by atoms with Crippen molar-refractivity contribution < 1.29 is 0 Å². The van der Waals surface area contributed by atoms with Crippen LogP contribution in [0.2, 0.25) is 32.7 Å². The van der Waals surface area contributed by atoms with Crippen LogP contribution in [0.5, 0.6) is 0 Å². The van der Waals surface area contributed by atoms with Gasteiger partial charge in [0.1, 0.15) is 0 Å². The molecule has 1 saturated heterocycles. The van der Waals surface area contributed by atoms with Gasteiger partial charge in [-0.2, -0.15) is 11.8 Å². The Morgan fingerprint density at radius 2 is 1.67 bits per heavy atom. The molecule has 1 aliphatic heterocycles. The Kier molecular flexibility index (Phi) is 6.18. The maximum atomic E-state index is 2.78. The molecule has 118 valence electrons. The molecule has 21 heavy (non-hydrogen) atoms. The zero-order valence-corrected chi connectivity index (χ0v) is 17.3. The third kappa shape index (κ3) is 4.98. The third-order valence-electron chi connectivity index (χ3n) is 4.55. The summed E-state index contributed by atoms with van der Waals surface area (Å²) in [6.45, 7) is 14.9. The molecular weight excluding hydrogens is 306 g/mol. The minimum absolute atomic E-state index is 0.649. The van der Waals surface area contributed by atoms with E-state index in [4.69, 9.17) is 0 Å². The van der Waals surface area contributed by atoms with Crippen LogP contribution in [0.25, 0.3) is 0 Å². The third-order valence-corrected chi connectivity index (χ3v) is 9.75. The van der Waals surface area contributed by atoms with Crippen molar-refractivity contribution in [1.29, 1.82) is 0 Å². The van der Waals surface area contributed by atoms with Crippen LogP contribution in [-0.2, 0) is 6.42 Å². The normalized spacial score (nSPS) is 19.0. The Morgan fingerprint density at radius 3 is 2.14 bits per heavy atom. The maximum absolute atomic E-state index is 2.78. The van der Waals surface area contributed by atoms with Gasteiger partial charge < -0.3 is 4.90 Å². The van der Waals surface area contributed by atoms with Crippen LogP contribution in [0.4, 0.5) is 0 Å². The number of hydrogen-bond acceptors (Lipinski definition) is 2. The number of hydrogen-bond donors (Lipinski definition) is 0. The van der Waals surface area contributed by atoms with Gasteiger partial charge in [0.05, 0.1) is 16.9 Å². The van der Waals surface area contributed by atoms with Crippen molar-refractivity contribution in [3.8, 4) is 0 Å². The lowest BCUT2D eigenvalue weighted by Crippen LogP contribution is -2.48. The largest absolute Gasteiger partial charge is 0.302 e. The van der Waals surface area contributed by atoms with Crippen molar-refractivity contribution in [3.63, 3.8) is 0 Å². The van der Waals surface area contributed by atoms with Crippen molar-refractivity contribution in [1.82, 2.24) is 4.90 Å². The minimum Gasteiger partial charge on any atom is -0.302 e. The second-order valence-electron chi connectivity index (χ2n) is 7.61. The fraction of sp³-hybridized carbons (Fsp3) is 0.647. The summed E-state index contributed by atoms with van der Waals surface area (Å²) >= 11 is 2.12. The fourth-order valence-electron chi connectivity index (χ4n) is 3.08. The molecule has 1 aromatic rings. The summed E-state index contributed by atoms with van der Waals surface area (Å²) in [5.41, 5.74) is 2.38. The molecule has 0 amide bonds. The van der Waals surface area contributed by atoms with E-state index in [-0.39, 0.29) is 0 Å². The van der Waals surface area contributed by atoms with Crippen LogP contribution < -0.4 is 5.19 Å². The first-order chi connectivity index (χ1) is 9.88. The van der Waals surface area contributed by atoms with Crippen molar-refractivity contribution in [2.24, 2.45) is 0 Å². The zero-order chi connectivity index (χ0) is 15.5. The second kappa shape index (κ2) is 7.49. The molecule has 0 aliphatic carbocycles. The van der Waals surface area contributed by atoms with Crippen molar-refractivity contribution >= 4 is 33.8 Å². The predicted molar refractivity (Wildman–Crippen MR) is 105 cm³/mol. The molecule has 0 aromatic heterocycles. The molecule has 1 heterocycles. The standard InChI is InChI=1S/C17H31NSSi2/c1-20(2)17(18-10-12-19-13-11-18)14-15-6-8-16(9-7-15)21(3,4)5/h6-9,17,20H,10-14H2,1-5H3. The summed E-state index contributed by atoms with van der Waals surface area (Å²) in [5.74, 6) is 2.65. The summed E-state index contributed by atoms with van der Waals surface area (Å²) < 4.78 is 0. The van der Waals surface area contributed by atoms with Gasteiger partial charge in [-0.25, -0.2) is 0 Å². The number of benzene rings is 1. The van der Waals surface area contributed by atoms with Crippen molar-refractivity contribution in [2.45, 2.75) is 44.8 Å². The lowest BCUT2D eigenvalue weighted by Gasteiger charge is -2.36. The molecular formula is C17H31NSSi2. The van der Waals surface area contributed by atoms with Crippen LogP contribution in [0.3, 0.4) is 0 Å². The van der Waals surface area contributed by atoms with E-state index in [2.05, 4.69) is 73.7 Å². The molecule has 0 spiro atoms. The Labute approximate surface area is 138 Å². The van der Waals surface area contributed by atoms with E-state index in [0.717, 1.165) is 5.67 Å². The Balaban J connectivity index is 2.06. The van der Waals surface area contributed by atoms with Gasteiger partial charge in [0.25, 0.3) is 0 Å². The molecule has 0 radical (unpaired) electrons. The van der Waals surface area contributed by atoms with Crippen molar-refractivity contribution in [3.05, 3.63) is 29.8 Å². The number of thioether (sulfide) groups is 1. The van der Waals surface area contributed by atoms with Gasteiger partial charge in [0, 0.05) is 30.3 Å². The average molecular weight is 338 g/mol. The SMILES string of the molecule is C[SiH](C)C(Cc1ccc([Si](C)(C)C)cc1)N1CCSCC1. The van der Waals surface area contributed by atoms with E-state index in [9.17, 15) is 0 Å². The van der Waals surface area contributed by atoms with E-state index >= 15 is 0 Å². The lowest BCUT2D eigenvalue weighted by atomic mass is 10.1. The molecule has 1 aromatic carbocycles. The van der Waals surface area contributed by atoms with Crippen LogP contribution >= 0.6 is 11.8 Å². The molecule has 0 N–H and O–H groups in total. The number of rotatable bonds is 5. The summed E-state index contributed by atoms with van der Waals surface area (Å²) in [7, 11) is -1.80. The van der Waals surface area contributed by atoms with Gasteiger partial charge in [0.2, 0.25) is 0 Å². The van der Waals surface area contributed by atoms with Gasteiger partial charge in [-0.15, -0.1) is 0 Å². The summed E-state index contributed by atoms with van der Waals surface area (Å²) in [6.07, 6.45) is 1.26. The van der Waals surface area contributed by atoms with E-state index in [1.165, 1.54) is 31.0 Å². The molecule has 2 rings (SSSR count). The van der Waals surface area contributed by atoms with E-state index in [1.807, 2.05) is 0 Å². The van der Waals surface area contributed by atoms with Gasteiger partial charge >= 0.3 is 0 Å². The highest BCUT2D eigenvalue weighted by atomic mass is 32.2. The summed E-state index contributed by atoms with van der Waals surface area (Å²) in [5, 5.41) is 1.58. The zero-order valence-electron chi connectivity index (χ0n) is 14.4. The number of nitrogens with zero attached hydrogens (tertiary/aromatic N) is 1. The topological polar surface area (TPSA) is 3.24 Å². The smallest absolute Gasteiger partial charge is 0.0775 e. The molecule has 1 fully saturated rings. The quantitative estimate of drug-likeness (QED) is 0.759. The monoisotopic (exact) mass is 337 g/mol. The average Bonchev–Trinajstić information content (AvgIpc) is 2.45. The molecule has 4 heteroatoms. The van der Waals surface area contributed by atoms with E-state index < -0.39 is 16.9 Å². The fourth-order valence-corrected chi connectivity index (χ4v) is 7.06. The molecule has 1 atom stereocenters. The Morgan fingerprint density at radius 1 is 1.10 bits per heavy atom. The van der Waals surface area contributed by atoms with Gasteiger partial charge in [0.15, 0.2) is 0 Å². The maximum Gasteiger partial charge on any atom is 0.0775 e. The van der Waals surface area contributed by atoms with E-state index in [0.29, 0.717) is 0 Å². The van der Waals surface area contributed by atoms with Crippen LogP contribution in [-0.4, -0.2) is 52.0 Å². The Hall–Kier alpha value is -0.0362. The van der Waals surface area contributed by atoms with Gasteiger partial charge in [-0.3, -0.25) is 0 Å². The first-order valence-electron chi connectivity index (χ1n) is 8.29. The van der Waals surface area contributed by atoms with Crippen LogP contribution in [0.15, 0.2) is 24.3 Å². The Bertz CT molecular complexity index is 433. The van der Waals surface area contributed by atoms with Gasteiger partial charge in [-0.1, -0.05) is 62.2 Å². The summed E-state index contributed by atoms with van der Waals surface area (Å²) in [6, 6.07) is 9.59. The van der Waals surface area contributed by atoms with Crippen molar-refractivity contribution in [2.75, 3.05) is 24.6 Å². The lowest BCUT2D eigenvalue weighted by molar-refractivity contribution is 0.270.